The molecule has 2 amide bonds. The number of halogens is 2. The van der Waals surface area contributed by atoms with Crippen molar-refractivity contribution >= 4 is 29.6 Å². The van der Waals surface area contributed by atoms with E-state index in [9.17, 15) is 14.0 Å². The van der Waals surface area contributed by atoms with Crippen LogP contribution in [0.15, 0.2) is 72.8 Å². The number of amides is 2. The van der Waals surface area contributed by atoms with Gasteiger partial charge in [-0.2, -0.15) is 0 Å². The normalized spacial score (nSPS) is 19.1. The fourth-order valence-electron chi connectivity index (χ4n) is 3.79. The standard InChI is InChI=1S/C26H23ClFN3O2/c1-16(2)18-5-3-17(4-6-18)15-31-24(19-7-11-21(27)12-8-19)23(26(33)30-31)29-25(32)20-9-13-22(28)14-10-20/h3-16,23-24H,1-2H3,(H-,29,30,32,33)/p+1/b31-15-/t23-,24-/m1/s1. The highest BCUT2D eigenvalue weighted by Gasteiger charge is 2.47. The molecule has 1 heterocycles. The van der Waals surface area contributed by atoms with Crippen LogP contribution in [0.25, 0.3) is 0 Å². The van der Waals surface area contributed by atoms with Crippen molar-refractivity contribution < 1.29 is 18.7 Å². The van der Waals surface area contributed by atoms with Crippen molar-refractivity contribution in [2.75, 3.05) is 0 Å². The number of nitrogens with one attached hydrogen (secondary N) is 2. The van der Waals surface area contributed by atoms with Crippen LogP contribution in [0, 0.1) is 5.82 Å². The van der Waals surface area contributed by atoms with Gasteiger partial charge in [0.1, 0.15) is 5.82 Å². The second kappa shape index (κ2) is 9.55. The smallest absolute Gasteiger partial charge is 0.304 e. The van der Waals surface area contributed by atoms with E-state index in [-0.39, 0.29) is 11.5 Å². The molecule has 0 aliphatic carbocycles. The van der Waals surface area contributed by atoms with Crippen LogP contribution >= 0.6 is 11.6 Å². The van der Waals surface area contributed by atoms with Crippen LogP contribution in [0.4, 0.5) is 4.39 Å². The summed E-state index contributed by atoms with van der Waals surface area (Å²) in [5.41, 5.74) is 6.05. The highest BCUT2D eigenvalue weighted by molar-refractivity contribution is 6.30. The first-order valence-corrected chi connectivity index (χ1v) is 11.0. The summed E-state index contributed by atoms with van der Waals surface area (Å²) in [6, 6.07) is 19.0. The minimum absolute atomic E-state index is 0.269. The molecule has 0 radical (unpaired) electrons. The summed E-state index contributed by atoms with van der Waals surface area (Å²) in [4.78, 5) is 25.7. The molecular weight excluding hydrogens is 441 g/mol. The Morgan fingerprint density at radius 3 is 2.27 bits per heavy atom. The Kier molecular flexibility index (Phi) is 6.56. The Hall–Kier alpha value is -3.51. The zero-order valence-electron chi connectivity index (χ0n) is 18.3. The first-order valence-electron chi connectivity index (χ1n) is 10.7. The molecule has 1 aliphatic heterocycles. The van der Waals surface area contributed by atoms with Gasteiger partial charge >= 0.3 is 5.91 Å². The van der Waals surface area contributed by atoms with Crippen molar-refractivity contribution in [2.45, 2.75) is 31.8 Å². The Morgan fingerprint density at radius 2 is 1.67 bits per heavy atom. The van der Waals surface area contributed by atoms with Crippen molar-refractivity contribution in [3.8, 4) is 0 Å². The third kappa shape index (κ3) is 5.12. The monoisotopic (exact) mass is 464 g/mol. The topological polar surface area (TPSA) is 61.2 Å². The third-order valence-corrected chi connectivity index (χ3v) is 5.88. The molecule has 5 nitrogen and oxygen atoms in total. The second-order valence-corrected chi connectivity index (χ2v) is 8.72. The van der Waals surface area contributed by atoms with Crippen LogP contribution in [0.3, 0.4) is 0 Å². The second-order valence-electron chi connectivity index (χ2n) is 8.29. The molecule has 33 heavy (non-hydrogen) atoms. The number of carbonyl (C=O) groups excluding carboxylic acids is 2. The summed E-state index contributed by atoms with van der Waals surface area (Å²) in [6.07, 6.45) is 1.84. The molecule has 1 aliphatic rings. The maximum Gasteiger partial charge on any atom is 0.304 e. The largest absolute Gasteiger partial charge is 0.334 e. The minimum atomic E-state index is -0.866. The van der Waals surface area contributed by atoms with Gasteiger partial charge in [-0.05, 0) is 60.0 Å². The van der Waals surface area contributed by atoms with Gasteiger partial charge in [0.15, 0.2) is 6.04 Å². The molecule has 1 saturated heterocycles. The van der Waals surface area contributed by atoms with E-state index in [1.807, 2.05) is 30.5 Å². The molecule has 2 atom stereocenters. The van der Waals surface area contributed by atoms with E-state index in [1.54, 1.807) is 16.8 Å². The predicted octanol–water partition coefficient (Wildman–Crippen LogP) is 4.62. The van der Waals surface area contributed by atoms with Crippen LogP contribution in [-0.2, 0) is 4.79 Å². The molecule has 3 aromatic carbocycles. The van der Waals surface area contributed by atoms with E-state index < -0.39 is 23.8 Å². The molecule has 3 aromatic rings. The minimum Gasteiger partial charge on any atom is -0.334 e. The third-order valence-electron chi connectivity index (χ3n) is 5.63. The summed E-state index contributed by atoms with van der Waals surface area (Å²) in [7, 11) is 0. The van der Waals surface area contributed by atoms with Gasteiger partial charge in [-0.3, -0.25) is 9.59 Å². The summed E-state index contributed by atoms with van der Waals surface area (Å²) in [5, 5.41) is 3.37. The summed E-state index contributed by atoms with van der Waals surface area (Å²) >= 11 is 6.06. The van der Waals surface area contributed by atoms with Gasteiger partial charge < -0.3 is 5.32 Å². The lowest BCUT2D eigenvalue weighted by Gasteiger charge is -2.15. The molecule has 4 rings (SSSR count). The van der Waals surface area contributed by atoms with Gasteiger partial charge in [-0.25, -0.2) is 4.39 Å². The number of hydrogen-bond donors (Lipinski definition) is 2. The number of benzene rings is 3. The molecule has 0 aromatic heterocycles. The molecule has 168 valence electrons. The number of rotatable bonds is 5. The molecule has 0 spiro atoms. The van der Waals surface area contributed by atoms with E-state index in [0.29, 0.717) is 10.9 Å². The van der Waals surface area contributed by atoms with E-state index >= 15 is 0 Å². The summed E-state index contributed by atoms with van der Waals surface area (Å²) in [6.45, 7) is 4.26. The maximum absolute atomic E-state index is 13.2. The first kappa shape index (κ1) is 22.7. The van der Waals surface area contributed by atoms with E-state index in [4.69, 9.17) is 11.6 Å². The quantitative estimate of drug-likeness (QED) is 0.541. The van der Waals surface area contributed by atoms with Crippen LogP contribution in [-0.4, -0.2) is 28.8 Å². The van der Waals surface area contributed by atoms with E-state index in [0.717, 1.165) is 11.1 Å². The SMILES string of the molecule is CC(C)c1ccc(/C=[N+]2\NC(=O)[C@H](NC(=O)c3ccc(F)cc3)[C@H]2c2ccc(Cl)cc2)cc1. The Bertz CT molecular complexity index is 1190. The number of hydrazone groups is 1. The van der Waals surface area contributed by atoms with Gasteiger partial charge in [-0.1, -0.05) is 49.7 Å². The van der Waals surface area contributed by atoms with Gasteiger partial charge in [0, 0.05) is 21.7 Å². The number of hydrogen-bond acceptors (Lipinski definition) is 2. The number of carbonyl (C=O) groups is 2. The van der Waals surface area contributed by atoms with Crippen LogP contribution < -0.4 is 10.7 Å². The molecular formula is C26H24ClFN3O2+. The van der Waals surface area contributed by atoms with Crippen molar-refractivity contribution in [3.05, 3.63) is 106 Å². The lowest BCUT2D eigenvalue weighted by molar-refractivity contribution is -0.596. The molecule has 1 fully saturated rings. The lowest BCUT2D eigenvalue weighted by Crippen LogP contribution is -2.42. The summed E-state index contributed by atoms with van der Waals surface area (Å²) < 4.78 is 14.9. The van der Waals surface area contributed by atoms with E-state index in [2.05, 4.69) is 36.7 Å². The van der Waals surface area contributed by atoms with Crippen LogP contribution in [0.1, 0.15) is 52.9 Å². The molecule has 7 heteroatoms. The van der Waals surface area contributed by atoms with Crippen molar-refractivity contribution in [1.82, 2.24) is 10.7 Å². The Morgan fingerprint density at radius 1 is 1.03 bits per heavy atom. The van der Waals surface area contributed by atoms with Gasteiger partial charge in [0.05, 0.1) is 0 Å². The number of hydrazine groups is 1. The maximum atomic E-state index is 13.2. The zero-order chi connectivity index (χ0) is 23.5. The lowest BCUT2D eigenvalue weighted by atomic mass is 9.99. The highest BCUT2D eigenvalue weighted by atomic mass is 35.5. The van der Waals surface area contributed by atoms with Crippen molar-refractivity contribution in [2.24, 2.45) is 0 Å². The number of nitrogens with zero attached hydrogens (tertiary/aromatic N) is 1. The first-order chi connectivity index (χ1) is 15.8. The molecule has 0 unspecified atom stereocenters. The van der Waals surface area contributed by atoms with Crippen molar-refractivity contribution in [3.63, 3.8) is 0 Å². The van der Waals surface area contributed by atoms with Gasteiger partial charge in [0.25, 0.3) is 5.91 Å². The van der Waals surface area contributed by atoms with E-state index in [1.165, 1.54) is 29.8 Å². The fraction of sp³-hybridized carbons (Fsp3) is 0.192. The average Bonchev–Trinajstić information content (AvgIpc) is 3.09. The van der Waals surface area contributed by atoms with Crippen molar-refractivity contribution in [1.29, 1.82) is 0 Å². The fourth-order valence-corrected chi connectivity index (χ4v) is 3.92. The Labute approximate surface area is 196 Å². The molecule has 0 bridgehead atoms. The van der Waals surface area contributed by atoms with Crippen LogP contribution in [0.2, 0.25) is 5.02 Å². The zero-order valence-corrected chi connectivity index (χ0v) is 19.0. The van der Waals surface area contributed by atoms with Gasteiger partial charge in [0.2, 0.25) is 12.3 Å². The van der Waals surface area contributed by atoms with Crippen LogP contribution in [0.5, 0.6) is 0 Å². The van der Waals surface area contributed by atoms with Gasteiger partial charge in [-0.15, -0.1) is 10.1 Å². The molecule has 2 N–H and O–H groups in total. The highest BCUT2D eigenvalue weighted by Crippen LogP contribution is 2.27. The average molecular weight is 465 g/mol. The Balaban J connectivity index is 1.68. The molecule has 0 saturated carbocycles. The predicted molar refractivity (Wildman–Crippen MR) is 126 cm³/mol. The summed E-state index contributed by atoms with van der Waals surface area (Å²) in [5.74, 6) is -0.829.